The summed E-state index contributed by atoms with van der Waals surface area (Å²) in [6.07, 6.45) is 3.18. The van der Waals surface area contributed by atoms with Crippen molar-refractivity contribution >= 4 is 45.6 Å². The maximum Gasteiger partial charge on any atom is 0.294 e. The van der Waals surface area contributed by atoms with E-state index in [-0.39, 0.29) is 11.3 Å². The van der Waals surface area contributed by atoms with Gasteiger partial charge in [-0.05, 0) is 73.3 Å². The molecule has 0 saturated carbocycles. The van der Waals surface area contributed by atoms with Gasteiger partial charge in [0.2, 0.25) is 5.78 Å². The number of Topliss-reactive ketones (excluding diaryl/α,β-unsaturated/α-hetero) is 1. The molecule has 0 bridgehead atoms. The van der Waals surface area contributed by atoms with Crippen LogP contribution in [0.1, 0.15) is 22.2 Å². The highest BCUT2D eigenvalue weighted by Crippen LogP contribution is 2.42. The Labute approximate surface area is 224 Å². The molecule has 4 aromatic rings. The normalized spacial score (nSPS) is 18.6. The van der Waals surface area contributed by atoms with Gasteiger partial charge < -0.3 is 19.3 Å². The van der Waals surface area contributed by atoms with Crippen molar-refractivity contribution in [2.75, 3.05) is 43.0 Å². The van der Waals surface area contributed by atoms with Crippen molar-refractivity contribution in [1.29, 1.82) is 0 Å². The number of carbonyl (C=O) groups is 2. The fraction of sp³-hybridized carbons (Fsp3) is 0.207. The number of ketones is 1. The molecular formula is C29H25ClN4O4. The SMILES string of the molecule is CN1CCN(c2ccc(N3C(=O)C(O)=C(C(=O)c4cc5cc(Cl)ccc5o4)C3c3ccncc3)cc2)CC1. The number of pyridine rings is 1. The number of nitrogens with zero attached hydrogens (tertiary/aromatic N) is 4. The number of carbonyl (C=O) groups excluding carboxylic acids is 2. The van der Waals surface area contributed by atoms with Gasteiger partial charge >= 0.3 is 0 Å². The Kier molecular flexibility index (Phi) is 6.13. The van der Waals surface area contributed by atoms with Crippen molar-refractivity contribution in [3.63, 3.8) is 0 Å². The molecule has 1 unspecified atom stereocenters. The Morgan fingerprint density at radius 2 is 1.66 bits per heavy atom. The van der Waals surface area contributed by atoms with Crippen LogP contribution in [0.2, 0.25) is 5.02 Å². The molecular weight excluding hydrogens is 504 g/mol. The molecule has 2 aromatic heterocycles. The smallest absolute Gasteiger partial charge is 0.294 e. The number of anilines is 2. The zero-order chi connectivity index (χ0) is 26.4. The molecule has 8 nitrogen and oxygen atoms in total. The van der Waals surface area contributed by atoms with Crippen molar-refractivity contribution < 1.29 is 19.1 Å². The monoisotopic (exact) mass is 528 g/mol. The lowest BCUT2D eigenvalue weighted by atomic mass is 9.95. The molecule has 1 atom stereocenters. The quantitative estimate of drug-likeness (QED) is 0.364. The highest BCUT2D eigenvalue weighted by Gasteiger charge is 2.45. The van der Waals surface area contributed by atoms with Gasteiger partial charge in [-0.2, -0.15) is 0 Å². The molecule has 38 heavy (non-hydrogen) atoms. The van der Waals surface area contributed by atoms with Gasteiger partial charge in [-0.1, -0.05) is 11.6 Å². The number of benzene rings is 2. The maximum atomic E-state index is 13.8. The predicted octanol–water partition coefficient (Wildman–Crippen LogP) is 5.02. The second-order valence-corrected chi connectivity index (χ2v) is 9.99. The van der Waals surface area contributed by atoms with Crippen LogP contribution in [0.25, 0.3) is 11.0 Å². The van der Waals surface area contributed by atoms with E-state index in [0.29, 0.717) is 27.2 Å². The van der Waals surface area contributed by atoms with E-state index in [2.05, 4.69) is 21.8 Å². The van der Waals surface area contributed by atoms with Gasteiger partial charge in [0, 0.05) is 60.4 Å². The Morgan fingerprint density at radius 1 is 0.974 bits per heavy atom. The van der Waals surface area contributed by atoms with Gasteiger partial charge in [0.1, 0.15) is 5.58 Å². The van der Waals surface area contributed by atoms with Crippen LogP contribution in [-0.4, -0.2) is 59.9 Å². The summed E-state index contributed by atoms with van der Waals surface area (Å²) in [4.78, 5) is 37.3. The van der Waals surface area contributed by atoms with E-state index in [0.717, 1.165) is 31.9 Å². The third-order valence-corrected chi connectivity index (χ3v) is 7.41. The van der Waals surface area contributed by atoms with Crippen LogP contribution in [0.4, 0.5) is 11.4 Å². The minimum atomic E-state index is -0.857. The van der Waals surface area contributed by atoms with E-state index in [1.807, 2.05) is 24.3 Å². The van der Waals surface area contributed by atoms with Gasteiger partial charge in [0.25, 0.3) is 5.91 Å². The Bertz CT molecular complexity index is 1560. The highest BCUT2D eigenvalue weighted by atomic mass is 35.5. The zero-order valence-corrected chi connectivity index (χ0v) is 21.4. The third kappa shape index (κ3) is 4.21. The Balaban J connectivity index is 1.38. The molecule has 0 radical (unpaired) electrons. The fourth-order valence-corrected chi connectivity index (χ4v) is 5.29. The number of hydrogen-bond acceptors (Lipinski definition) is 7. The van der Waals surface area contributed by atoms with Crippen LogP contribution < -0.4 is 9.80 Å². The molecule has 0 spiro atoms. The number of hydrogen-bond donors (Lipinski definition) is 1. The minimum Gasteiger partial charge on any atom is -0.503 e. The van der Waals surface area contributed by atoms with Crippen molar-refractivity contribution in [3.8, 4) is 0 Å². The van der Waals surface area contributed by atoms with Gasteiger partial charge in [-0.3, -0.25) is 19.5 Å². The number of aliphatic hydroxyl groups is 1. The van der Waals surface area contributed by atoms with Gasteiger partial charge in [0.15, 0.2) is 11.5 Å². The number of likely N-dealkylation sites (N-methyl/N-ethyl adjacent to an activating group) is 1. The molecule has 0 aliphatic carbocycles. The molecule has 9 heteroatoms. The van der Waals surface area contributed by atoms with E-state index < -0.39 is 23.5 Å². The number of amides is 1. The van der Waals surface area contributed by atoms with E-state index in [4.69, 9.17) is 16.0 Å². The summed E-state index contributed by atoms with van der Waals surface area (Å²) in [5, 5.41) is 12.2. The lowest BCUT2D eigenvalue weighted by Crippen LogP contribution is -2.44. The molecule has 1 N–H and O–H groups in total. The van der Waals surface area contributed by atoms with E-state index in [9.17, 15) is 14.7 Å². The van der Waals surface area contributed by atoms with Crippen LogP contribution in [0, 0.1) is 0 Å². The number of halogens is 1. The lowest BCUT2D eigenvalue weighted by molar-refractivity contribution is -0.117. The summed E-state index contributed by atoms with van der Waals surface area (Å²) in [6, 6.07) is 16.9. The van der Waals surface area contributed by atoms with Crippen LogP contribution in [0.3, 0.4) is 0 Å². The first-order chi connectivity index (χ1) is 18.4. The van der Waals surface area contributed by atoms with Gasteiger partial charge in [-0.15, -0.1) is 0 Å². The molecule has 2 aliphatic rings. The lowest BCUT2D eigenvalue weighted by Gasteiger charge is -2.34. The van der Waals surface area contributed by atoms with Crippen LogP contribution in [0.15, 0.2) is 88.8 Å². The van der Waals surface area contributed by atoms with Gasteiger partial charge in [-0.25, -0.2) is 0 Å². The summed E-state index contributed by atoms with van der Waals surface area (Å²) in [5.74, 6) is -1.80. The fourth-order valence-electron chi connectivity index (χ4n) is 5.11. The number of piperazine rings is 1. The van der Waals surface area contributed by atoms with Crippen LogP contribution in [0.5, 0.6) is 0 Å². The Morgan fingerprint density at radius 3 is 2.37 bits per heavy atom. The number of furan rings is 1. The molecule has 1 fully saturated rings. The standard InChI is InChI=1S/C29H25ClN4O4/c1-32-12-14-33(15-13-32)21-3-5-22(6-4-21)34-26(18-8-10-31-11-9-18)25(28(36)29(34)37)27(35)24-17-19-16-20(30)2-7-23(19)38-24/h2-11,16-17,26,36H,12-15H2,1H3. The van der Waals surface area contributed by atoms with Gasteiger partial charge in [0.05, 0.1) is 11.6 Å². The molecule has 6 rings (SSSR count). The summed E-state index contributed by atoms with van der Waals surface area (Å²) >= 11 is 6.10. The maximum absolute atomic E-state index is 13.8. The van der Waals surface area contributed by atoms with E-state index >= 15 is 0 Å². The van der Waals surface area contributed by atoms with Crippen molar-refractivity contribution in [1.82, 2.24) is 9.88 Å². The second kappa shape index (κ2) is 9.63. The number of aromatic nitrogens is 1. The van der Waals surface area contributed by atoms with E-state index in [1.54, 1.807) is 48.8 Å². The van der Waals surface area contributed by atoms with Crippen molar-refractivity contribution in [2.24, 2.45) is 0 Å². The molecule has 1 amide bonds. The first-order valence-electron chi connectivity index (χ1n) is 12.3. The topological polar surface area (TPSA) is 90.1 Å². The first-order valence-corrected chi connectivity index (χ1v) is 12.7. The summed E-state index contributed by atoms with van der Waals surface area (Å²) < 4.78 is 5.79. The molecule has 2 aliphatic heterocycles. The molecule has 1 saturated heterocycles. The van der Waals surface area contributed by atoms with E-state index in [1.165, 1.54) is 4.90 Å². The number of fused-ring (bicyclic) bond motifs is 1. The highest BCUT2D eigenvalue weighted by molar-refractivity contribution is 6.31. The van der Waals surface area contributed by atoms with Crippen molar-refractivity contribution in [2.45, 2.75) is 6.04 Å². The first kappa shape index (κ1) is 24.2. The summed E-state index contributed by atoms with van der Waals surface area (Å²) in [7, 11) is 2.11. The number of aliphatic hydroxyl groups excluding tert-OH is 1. The summed E-state index contributed by atoms with van der Waals surface area (Å²) in [5.41, 5.74) is 2.71. The molecule has 192 valence electrons. The predicted molar refractivity (Wildman–Crippen MR) is 146 cm³/mol. The molecule has 2 aromatic carbocycles. The zero-order valence-electron chi connectivity index (χ0n) is 20.7. The summed E-state index contributed by atoms with van der Waals surface area (Å²) in [6.45, 7) is 3.80. The van der Waals surface area contributed by atoms with Crippen LogP contribution in [-0.2, 0) is 4.79 Å². The average molecular weight is 529 g/mol. The molecule has 4 heterocycles. The average Bonchev–Trinajstić information content (AvgIpc) is 3.47. The van der Waals surface area contributed by atoms with Crippen LogP contribution >= 0.6 is 11.6 Å². The largest absolute Gasteiger partial charge is 0.503 e. The minimum absolute atomic E-state index is 0.0166. The number of rotatable bonds is 5. The Hall–Kier alpha value is -4.14. The second-order valence-electron chi connectivity index (χ2n) is 9.55. The van der Waals surface area contributed by atoms with Crippen molar-refractivity contribution in [3.05, 3.63) is 101 Å². The third-order valence-electron chi connectivity index (χ3n) is 7.17.